The van der Waals surface area contributed by atoms with Crippen molar-refractivity contribution in [2.24, 2.45) is 0 Å². The smallest absolute Gasteiger partial charge is 0.129 e. The first-order valence-corrected chi connectivity index (χ1v) is 6.00. The van der Waals surface area contributed by atoms with Crippen molar-refractivity contribution in [1.29, 1.82) is 0 Å². The minimum Gasteiger partial charge on any atom is -0.367 e. The summed E-state index contributed by atoms with van der Waals surface area (Å²) in [5, 5.41) is 3.35. The molecule has 1 aromatic rings. The Hall–Kier alpha value is -0.770. The highest BCUT2D eigenvalue weighted by Crippen LogP contribution is 2.08. The first-order chi connectivity index (χ1) is 6.72. The Morgan fingerprint density at radius 1 is 1.50 bits per heavy atom. The molecule has 0 aliphatic heterocycles. The van der Waals surface area contributed by atoms with Crippen LogP contribution in [-0.4, -0.2) is 27.5 Å². The predicted molar refractivity (Wildman–Crippen MR) is 62.9 cm³/mol. The lowest BCUT2D eigenvalue weighted by Gasteiger charge is -2.13. The molecule has 1 unspecified atom stereocenters. The van der Waals surface area contributed by atoms with Crippen molar-refractivity contribution < 1.29 is 0 Å². The van der Waals surface area contributed by atoms with Gasteiger partial charge in [-0.05, 0) is 19.6 Å². The summed E-state index contributed by atoms with van der Waals surface area (Å²) < 4.78 is 0. The molecule has 1 aromatic heterocycles. The number of anilines is 1. The largest absolute Gasteiger partial charge is 0.367 e. The average molecular weight is 211 g/mol. The van der Waals surface area contributed by atoms with Gasteiger partial charge in [0, 0.05) is 23.6 Å². The Balaban J connectivity index is 2.43. The second-order valence-corrected chi connectivity index (χ2v) is 4.57. The molecule has 1 heterocycles. The summed E-state index contributed by atoms with van der Waals surface area (Å²) in [5.41, 5.74) is 0.998. The van der Waals surface area contributed by atoms with Gasteiger partial charge < -0.3 is 5.32 Å². The number of hydrogen-bond acceptors (Lipinski definition) is 4. The quantitative estimate of drug-likeness (QED) is 0.811. The second kappa shape index (κ2) is 5.86. The van der Waals surface area contributed by atoms with Gasteiger partial charge in [0.1, 0.15) is 12.1 Å². The summed E-state index contributed by atoms with van der Waals surface area (Å²) in [6.45, 7) is 6.31. The van der Waals surface area contributed by atoms with Crippen LogP contribution in [0.5, 0.6) is 0 Å². The van der Waals surface area contributed by atoms with Gasteiger partial charge in [0.05, 0.1) is 0 Å². The fraction of sp³-hybridized carbons (Fsp3) is 0.600. The van der Waals surface area contributed by atoms with Crippen LogP contribution >= 0.6 is 11.8 Å². The molecule has 0 aliphatic rings. The highest BCUT2D eigenvalue weighted by atomic mass is 32.2. The van der Waals surface area contributed by atoms with Crippen LogP contribution in [-0.2, 0) is 0 Å². The Morgan fingerprint density at radius 2 is 2.29 bits per heavy atom. The first-order valence-electron chi connectivity index (χ1n) is 4.85. The zero-order valence-corrected chi connectivity index (χ0v) is 9.77. The summed E-state index contributed by atoms with van der Waals surface area (Å²) in [6, 6.07) is 2.42. The summed E-state index contributed by atoms with van der Waals surface area (Å²) in [6.07, 6.45) is 1.59. The Labute approximate surface area is 89.7 Å². The van der Waals surface area contributed by atoms with Crippen LogP contribution < -0.4 is 5.32 Å². The number of nitrogens with one attached hydrogen (secondary N) is 1. The zero-order chi connectivity index (χ0) is 10.4. The molecule has 0 saturated heterocycles. The molecule has 0 spiro atoms. The molecule has 4 heteroatoms. The number of thioether (sulfide) groups is 1. The summed E-state index contributed by atoms with van der Waals surface area (Å²) in [4.78, 5) is 8.21. The third-order valence-corrected chi connectivity index (χ3v) is 2.91. The number of hydrogen-bond donors (Lipinski definition) is 1. The van der Waals surface area contributed by atoms with Crippen LogP contribution in [0, 0.1) is 6.92 Å². The monoisotopic (exact) mass is 211 g/mol. The summed E-state index contributed by atoms with van der Waals surface area (Å²) in [7, 11) is 0. The highest BCUT2D eigenvalue weighted by molar-refractivity contribution is 7.99. The van der Waals surface area contributed by atoms with Gasteiger partial charge in [0.25, 0.3) is 0 Å². The van der Waals surface area contributed by atoms with Crippen LogP contribution in [0.2, 0.25) is 0 Å². The third kappa shape index (κ3) is 3.96. The van der Waals surface area contributed by atoms with Crippen molar-refractivity contribution >= 4 is 17.6 Å². The molecule has 0 fully saturated rings. The van der Waals surface area contributed by atoms with E-state index >= 15 is 0 Å². The van der Waals surface area contributed by atoms with Gasteiger partial charge >= 0.3 is 0 Å². The van der Waals surface area contributed by atoms with Gasteiger partial charge in [-0.3, -0.25) is 0 Å². The second-order valence-electron chi connectivity index (χ2n) is 3.25. The van der Waals surface area contributed by atoms with Gasteiger partial charge in [-0.1, -0.05) is 6.92 Å². The maximum Gasteiger partial charge on any atom is 0.129 e. The summed E-state index contributed by atoms with van der Waals surface area (Å²) >= 11 is 1.93. The molecule has 0 radical (unpaired) electrons. The molecule has 0 aliphatic carbocycles. The minimum absolute atomic E-state index is 0.453. The van der Waals surface area contributed by atoms with E-state index in [1.807, 2.05) is 24.8 Å². The maximum atomic E-state index is 4.16. The molecule has 1 rings (SSSR count). The van der Waals surface area contributed by atoms with Crippen LogP contribution in [0.15, 0.2) is 12.4 Å². The van der Waals surface area contributed by atoms with Crippen molar-refractivity contribution in [1.82, 2.24) is 9.97 Å². The van der Waals surface area contributed by atoms with E-state index in [2.05, 4.69) is 29.1 Å². The molecule has 0 aromatic carbocycles. The van der Waals surface area contributed by atoms with Crippen molar-refractivity contribution in [2.75, 3.05) is 16.8 Å². The SMILES string of the molecule is CCSCC(C)Nc1cc(C)ncn1. The first kappa shape index (κ1) is 11.3. The predicted octanol–water partition coefficient (Wildman–Crippen LogP) is 2.34. The van der Waals surface area contributed by atoms with E-state index in [0.717, 1.165) is 23.0 Å². The maximum absolute atomic E-state index is 4.16. The highest BCUT2D eigenvalue weighted by Gasteiger charge is 2.02. The molecule has 14 heavy (non-hydrogen) atoms. The normalized spacial score (nSPS) is 12.5. The fourth-order valence-electron chi connectivity index (χ4n) is 1.12. The van der Waals surface area contributed by atoms with Crippen LogP contribution in [0.3, 0.4) is 0 Å². The minimum atomic E-state index is 0.453. The fourth-order valence-corrected chi connectivity index (χ4v) is 1.79. The molecule has 78 valence electrons. The Morgan fingerprint density at radius 3 is 2.93 bits per heavy atom. The van der Waals surface area contributed by atoms with Crippen LogP contribution in [0.1, 0.15) is 19.5 Å². The lowest BCUT2D eigenvalue weighted by Crippen LogP contribution is -2.18. The molecule has 0 amide bonds. The molecular formula is C10H17N3S. The average Bonchev–Trinajstić information content (AvgIpc) is 2.15. The van der Waals surface area contributed by atoms with Gasteiger partial charge in [0.15, 0.2) is 0 Å². The molecule has 3 nitrogen and oxygen atoms in total. The van der Waals surface area contributed by atoms with Gasteiger partial charge in [-0.25, -0.2) is 9.97 Å². The van der Waals surface area contributed by atoms with Crippen molar-refractivity contribution in [3.63, 3.8) is 0 Å². The van der Waals surface area contributed by atoms with Crippen molar-refractivity contribution in [3.8, 4) is 0 Å². The molecule has 1 atom stereocenters. The Kier molecular flexibility index (Phi) is 4.73. The van der Waals surface area contributed by atoms with E-state index in [0.29, 0.717) is 6.04 Å². The zero-order valence-electron chi connectivity index (χ0n) is 8.95. The van der Waals surface area contributed by atoms with E-state index in [1.165, 1.54) is 0 Å². The van der Waals surface area contributed by atoms with E-state index in [9.17, 15) is 0 Å². The number of aromatic nitrogens is 2. The molecule has 0 saturated carbocycles. The molecule has 1 N–H and O–H groups in total. The van der Waals surface area contributed by atoms with E-state index in [-0.39, 0.29) is 0 Å². The van der Waals surface area contributed by atoms with Crippen LogP contribution in [0.25, 0.3) is 0 Å². The van der Waals surface area contributed by atoms with E-state index < -0.39 is 0 Å². The van der Waals surface area contributed by atoms with Gasteiger partial charge in [0.2, 0.25) is 0 Å². The lowest BCUT2D eigenvalue weighted by molar-refractivity contribution is 0.896. The Bertz CT molecular complexity index is 278. The molecule has 0 bridgehead atoms. The summed E-state index contributed by atoms with van der Waals surface area (Å²) in [5.74, 6) is 3.19. The van der Waals surface area contributed by atoms with Gasteiger partial charge in [-0.15, -0.1) is 0 Å². The number of aryl methyl sites for hydroxylation is 1. The van der Waals surface area contributed by atoms with Crippen LogP contribution in [0.4, 0.5) is 5.82 Å². The van der Waals surface area contributed by atoms with E-state index in [1.54, 1.807) is 6.33 Å². The topological polar surface area (TPSA) is 37.8 Å². The van der Waals surface area contributed by atoms with Gasteiger partial charge in [-0.2, -0.15) is 11.8 Å². The lowest BCUT2D eigenvalue weighted by atomic mass is 10.3. The number of nitrogens with zero attached hydrogens (tertiary/aromatic N) is 2. The number of rotatable bonds is 5. The van der Waals surface area contributed by atoms with Crippen molar-refractivity contribution in [2.45, 2.75) is 26.8 Å². The third-order valence-electron chi connectivity index (χ3n) is 1.77. The standard InChI is InChI=1S/C10H17N3S/c1-4-14-6-9(3)13-10-5-8(2)11-7-12-10/h5,7,9H,4,6H2,1-3H3,(H,11,12,13). The van der Waals surface area contributed by atoms with E-state index in [4.69, 9.17) is 0 Å². The molecular weight excluding hydrogens is 194 g/mol. The van der Waals surface area contributed by atoms with Crippen molar-refractivity contribution in [3.05, 3.63) is 18.1 Å².